The molecule has 0 spiro atoms. The highest BCUT2D eigenvalue weighted by atomic mass is 32.2. The van der Waals surface area contributed by atoms with Crippen LogP contribution in [0.15, 0.2) is 6.33 Å². The summed E-state index contributed by atoms with van der Waals surface area (Å²) in [6.07, 6.45) is 5.07. The topological polar surface area (TPSA) is 63.4 Å². The largest absolute Gasteiger partial charge is 0.303 e. The van der Waals surface area contributed by atoms with E-state index in [9.17, 15) is 8.42 Å². The standard InChI is InChI=1S/C14H23N5O2S2/c20-23(21)8-3-13(9-23)17-6-4-16(5-7-17)11-19-14(22)18(10-15-19)12-1-2-12/h10,12-13H,1-9,11H2/t13-/m1/s1. The summed E-state index contributed by atoms with van der Waals surface area (Å²) in [4.78, 5) is 4.68. The molecule has 1 atom stereocenters. The first kappa shape index (κ1) is 15.7. The van der Waals surface area contributed by atoms with Crippen LogP contribution in [0.3, 0.4) is 0 Å². The van der Waals surface area contributed by atoms with E-state index in [1.165, 1.54) is 12.8 Å². The zero-order valence-electron chi connectivity index (χ0n) is 13.2. The molecule has 0 bridgehead atoms. The van der Waals surface area contributed by atoms with E-state index < -0.39 is 9.84 Å². The third kappa shape index (κ3) is 3.38. The molecule has 0 aromatic carbocycles. The lowest BCUT2D eigenvalue weighted by molar-refractivity contribution is 0.0807. The Kier molecular flexibility index (Phi) is 4.07. The molecule has 0 radical (unpaired) electrons. The second-order valence-electron chi connectivity index (χ2n) is 6.90. The summed E-state index contributed by atoms with van der Waals surface area (Å²) in [5.74, 6) is 0.690. The lowest BCUT2D eigenvalue weighted by Gasteiger charge is -2.37. The van der Waals surface area contributed by atoms with Crippen molar-refractivity contribution in [1.29, 1.82) is 0 Å². The summed E-state index contributed by atoms with van der Waals surface area (Å²) < 4.78 is 28.1. The SMILES string of the molecule is O=S1(=O)CC[C@@H](N2CCN(Cn3ncn(C4CC4)c3=S)CC2)C1. The van der Waals surface area contributed by atoms with Gasteiger partial charge < -0.3 is 4.57 Å². The van der Waals surface area contributed by atoms with Crippen molar-refractivity contribution < 1.29 is 8.42 Å². The number of rotatable bonds is 4. The third-order valence-corrected chi connectivity index (χ3v) is 7.33. The van der Waals surface area contributed by atoms with Gasteiger partial charge in [-0.1, -0.05) is 0 Å². The molecule has 2 aliphatic heterocycles. The quantitative estimate of drug-likeness (QED) is 0.732. The number of aromatic nitrogens is 3. The number of hydrogen-bond donors (Lipinski definition) is 0. The maximum atomic E-state index is 11.6. The van der Waals surface area contributed by atoms with Crippen molar-refractivity contribution in [3.05, 3.63) is 11.1 Å². The Labute approximate surface area is 141 Å². The van der Waals surface area contributed by atoms with Crippen molar-refractivity contribution in [3.8, 4) is 0 Å². The molecule has 128 valence electrons. The second kappa shape index (κ2) is 5.94. The fourth-order valence-corrected chi connectivity index (χ4v) is 5.64. The zero-order chi connectivity index (χ0) is 16.0. The molecule has 4 rings (SSSR count). The molecule has 23 heavy (non-hydrogen) atoms. The van der Waals surface area contributed by atoms with Crippen LogP contribution < -0.4 is 0 Å². The van der Waals surface area contributed by atoms with Gasteiger partial charge in [0, 0.05) is 38.3 Å². The minimum Gasteiger partial charge on any atom is -0.303 e. The summed E-state index contributed by atoms with van der Waals surface area (Å²) >= 11 is 5.51. The minimum absolute atomic E-state index is 0.221. The summed E-state index contributed by atoms with van der Waals surface area (Å²) in [6.45, 7) is 4.46. The van der Waals surface area contributed by atoms with Gasteiger partial charge in [-0.05, 0) is 31.5 Å². The maximum Gasteiger partial charge on any atom is 0.199 e. The van der Waals surface area contributed by atoms with Crippen LogP contribution in [0.4, 0.5) is 0 Å². The van der Waals surface area contributed by atoms with Crippen LogP contribution in [-0.4, -0.2) is 76.3 Å². The van der Waals surface area contributed by atoms with Crippen molar-refractivity contribution in [3.63, 3.8) is 0 Å². The molecule has 0 N–H and O–H groups in total. The van der Waals surface area contributed by atoms with Gasteiger partial charge in [0.2, 0.25) is 0 Å². The molecule has 1 aromatic rings. The Bertz CT molecular complexity index is 729. The van der Waals surface area contributed by atoms with Crippen LogP contribution in [0, 0.1) is 4.77 Å². The van der Waals surface area contributed by atoms with Gasteiger partial charge in [0.05, 0.1) is 18.2 Å². The molecule has 2 saturated heterocycles. The third-order valence-electron chi connectivity index (χ3n) is 5.16. The fraction of sp³-hybridized carbons (Fsp3) is 0.857. The molecule has 3 heterocycles. The van der Waals surface area contributed by atoms with Gasteiger partial charge in [0.15, 0.2) is 14.6 Å². The van der Waals surface area contributed by atoms with E-state index in [1.54, 1.807) is 0 Å². The first-order chi connectivity index (χ1) is 11.0. The summed E-state index contributed by atoms with van der Waals surface area (Å²) in [5, 5.41) is 4.43. The number of hydrogen-bond acceptors (Lipinski definition) is 6. The van der Waals surface area contributed by atoms with Gasteiger partial charge in [-0.3, -0.25) is 9.80 Å². The Balaban J connectivity index is 1.32. The van der Waals surface area contributed by atoms with Crippen LogP contribution in [0.25, 0.3) is 0 Å². The predicted molar refractivity (Wildman–Crippen MR) is 89.5 cm³/mol. The fourth-order valence-electron chi connectivity index (χ4n) is 3.57. The van der Waals surface area contributed by atoms with E-state index in [0.29, 0.717) is 17.5 Å². The molecule has 1 aliphatic carbocycles. The van der Waals surface area contributed by atoms with Crippen molar-refractivity contribution in [1.82, 2.24) is 24.1 Å². The van der Waals surface area contributed by atoms with Crippen LogP contribution in [-0.2, 0) is 16.5 Å². The van der Waals surface area contributed by atoms with Crippen molar-refractivity contribution in [2.45, 2.75) is 38.0 Å². The van der Waals surface area contributed by atoms with Crippen molar-refractivity contribution >= 4 is 22.1 Å². The molecule has 0 unspecified atom stereocenters. The minimum atomic E-state index is -2.80. The number of sulfone groups is 1. The molecule has 3 aliphatic rings. The van der Waals surface area contributed by atoms with Gasteiger partial charge in [0.1, 0.15) is 6.33 Å². The van der Waals surface area contributed by atoms with Gasteiger partial charge in [0.25, 0.3) is 0 Å². The monoisotopic (exact) mass is 357 g/mol. The van der Waals surface area contributed by atoms with Gasteiger partial charge in [-0.25, -0.2) is 13.1 Å². The van der Waals surface area contributed by atoms with E-state index in [0.717, 1.165) is 44.0 Å². The number of nitrogens with zero attached hydrogens (tertiary/aromatic N) is 5. The average molecular weight is 358 g/mol. The maximum absolute atomic E-state index is 11.6. The van der Waals surface area contributed by atoms with Crippen molar-refractivity contribution in [2.75, 3.05) is 37.7 Å². The highest BCUT2D eigenvalue weighted by Crippen LogP contribution is 2.34. The summed E-state index contributed by atoms with van der Waals surface area (Å²) in [7, 11) is -2.80. The van der Waals surface area contributed by atoms with Gasteiger partial charge >= 0.3 is 0 Å². The Morgan fingerprint density at radius 2 is 1.87 bits per heavy atom. The van der Waals surface area contributed by atoms with Gasteiger partial charge in [-0.15, -0.1) is 0 Å². The van der Waals surface area contributed by atoms with Crippen molar-refractivity contribution in [2.24, 2.45) is 0 Å². The van der Waals surface area contributed by atoms with E-state index in [1.807, 2.05) is 11.0 Å². The Morgan fingerprint density at radius 1 is 1.13 bits per heavy atom. The number of piperazine rings is 1. The normalized spacial score (nSPS) is 29.1. The van der Waals surface area contributed by atoms with E-state index in [2.05, 4.69) is 19.5 Å². The van der Waals surface area contributed by atoms with Crippen LogP contribution in [0.2, 0.25) is 0 Å². The van der Waals surface area contributed by atoms with Crippen LogP contribution in [0.1, 0.15) is 25.3 Å². The zero-order valence-corrected chi connectivity index (χ0v) is 14.8. The molecule has 7 nitrogen and oxygen atoms in total. The molecular weight excluding hydrogens is 334 g/mol. The molecule has 0 amide bonds. The van der Waals surface area contributed by atoms with Gasteiger partial charge in [-0.2, -0.15) is 5.10 Å². The highest BCUT2D eigenvalue weighted by Gasteiger charge is 2.33. The lowest BCUT2D eigenvalue weighted by atomic mass is 10.2. The summed E-state index contributed by atoms with van der Waals surface area (Å²) in [6, 6.07) is 0.788. The van der Waals surface area contributed by atoms with E-state index in [-0.39, 0.29) is 6.04 Å². The first-order valence-corrected chi connectivity index (χ1v) is 10.6. The lowest BCUT2D eigenvalue weighted by Crippen LogP contribution is -2.50. The average Bonchev–Trinajstić information content (AvgIpc) is 3.21. The molecule has 3 fully saturated rings. The smallest absolute Gasteiger partial charge is 0.199 e. The molecule has 9 heteroatoms. The predicted octanol–water partition coefficient (Wildman–Crippen LogP) is 0.511. The van der Waals surface area contributed by atoms with E-state index in [4.69, 9.17) is 12.2 Å². The van der Waals surface area contributed by atoms with Crippen LogP contribution >= 0.6 is 12.2 Å². The van der Waals surface area contributed by atoms with Crippen LogP contribution in [0.5, 0.6) is 0 Å². The summed E-state index contributed by atoms with van der Waals surface area (Å²) in [5.41, 5.74) is 0. The molecular formula is C14H23N5O2S2. The second-order valence-corrected chi connectivity index (χ2v) is 9.50. The first-order valence-electron chi connectivity index (χ1n) is 8.33. The molecule has 1 aromatic heterocycles. The van der Waals surface area contributed by atoms with E-state index >= 15 is 0 Å². The Morgan fingerprint density at radius 3 is 2.48 bits per heavy atom. The highest BCUT2D eigenvalue weighted by molar-refractivity contribution is 7.91. The Hall–Kier alpha value is -0.770. The molecule has 1 saturated carbocycles.